The Kier molecular flexibility index (Phi) is 5.05. The molecule has 1 heterocycles. The normalized spacial score (nSPS) is 13.8. The number of halogens is 1. The monoisotopic (exact) mass is 344 g/mol. The summed E-state index contributed by atoms with van der Waals surface area (Å²) >= 11 is 0. The van der Waals surface area contributed by atoms with Gasteiger partial charge < -0.3 is 4.52 Å². The van der Waals surface area contributed by atoms with Crippen molar-refractivity contribution in [1.29, 1.82) is 0 Å². The summed E-state index contributed by atoms with van der Waals surface area (Å²) in [5, 5.41) is 4.51. The highest BCUT2D eigenvalue weighted by atomic mass is 31.2. The van der Waals surface area contributed by atoms with E-state index in [0.29, 0.717) is 22.6 Å². The summed E-state index contributed by atoms with van der Waals surface area (Å²) in [6, 6.07) is 13.5. The SMILES string of the molecule is CCOP(=O)(NCc1cccnc1)c1ccc(F)c2ccccc12. The summed E-state index contributed by atoms with van der Waals surface area (Å²) in [4.78, 5) is 4.05. The summed E-state index contributed by atoms with van der Waals surface area (Å²) in [6.45, 7) is 2.41. The van der Waals surface area contributed by atoms with Gasteiger partial charge in [0.15, 0.2) is 0 Å². The molecule has 2 aromatic carbocycles. The van der Waals surface area contributed by atoms with Crippen molar-refractivity contribution < 1.29 is 13.5 Å². The van der Waals surface area contributed by atoms with Gasteiger partial charge in [-0.2, -0.15) is 0 Å². The van der Waals surface area contributed by atoms with E-state index >= 15 is 0 Å². The zero-order valence-electron chi connectivity index (χ0n) is 13.3. The number of fused-ring (bicyclic) bond motifs is 1. The lowest BCUT2D eigenvalue weighted by atomic mass is 10.1. The van der Waals surface area contributed by atoms with Crippen LogP contribution in [0.5, 0.6) is 0 Å². The van der Waals surface area contributed by atoms with E-state index in [1.807, 2.05) is 12.1 Å². The van der Waals surface area contributed by atoms with E-state index in [4.69, 9.17) is 4.52 Å². The maximum atomic E-state index is 14.0. The largest absolute Gasteiger partial charge is 0.315 e. The summed E-state index contributed by atoms with van der Waals surface area (Å²) < 4.78 is 33.1. The van der Waals surface area contributed by atoms with Gasteiger partial charge in [-0.3, -0.25) is 9.55 Å². The summed E-state index contributed by atoms with van der Waals surface area (Å²) in [6.07, 6.45) is 3.38. The van der Waals surface area contributed by atoms with Gasteiger partial charge in [0.05, 0.1) is 11.9 Å². The Bertz CT molecular complexity index is 887. The topological polar surface area (TPSA) is 51.2 Å². The number of hydrogen-bond donors (Lipinski definition) is 1. The molecule has 3 rings (SSSR count). The summed E-state index contributed by atoms with van der Waals surface area (Å²) in [5.41, 5.74) is 0.892. The second kappa shape index (κ2) is 7.22. The first kappa shape index (κ1) is 16.8. The average Bonchev–Trinajstić information content (AvgIpc) is 2.62. The van der Waals surface area contributed by atoms with E-state index < -0.39 is 7.52 Å². The highest BCUT2D eigenvalue weighted by Gasteiger charge is 2.28. The Morgan fingerprint density at radius 3 is 2.62 bits per heavy atom. The minimum atomic E-state index is -3.35. The fraction of sp³-hybridized carbons (Fsp3) is 0.167. The maximum Gasteiger partial charge on any atom is 0.300 e. The quantitative estimate of drug-likeness (QED) is 0.686. The minimum Gasteiger partial charge on any atom is -0.315 e. The fourth-order valence-corrected chi connectivity index (χ4v) is 4.52. The van der Waals surface area contributed by atoms with Crippen molar-refractivity contribution in [3.8, 4) is 0 Å². The van der Waals surface area contributed by atoms with Crippen LogP contribution in [0, 0.1) is 5.82 Å². The second-order valence-electron chi connectivity index (χ2n) is 5.28. The van der Waals surface area contributed by atoms with E-state index in [1.54, 1.807) is 43.6 Å². The predicted octanol–water partition coefficient (Wildman–Crippen LogP) is 4.02. The maximum absolute atomic E-state index is 14.0. The van der Waals surface area contributed by atoms with Gasteiger partial charge in [0.1, 0.15) is 5.82 Å². The first-order chi connectivity index (χ1) is 11.6. The van der Waals surface area contributed by atoms with Gasteiger partial charge in [-0.1, -0.05) is 30.3 Å². The molecule has 0 aliphatic rings. The van der Waals surface area contributed by atoms with Crippen LogP contribution >= 0.6 is 7.52 Å². The number of hydrogen-bond acceptors (Lipinski definition) is 3. The van der Waals surface area contributed by atoms with Crippen molar-refractivity contribution in [3.63, 3.8) is 0 Å². The number of rotatable bonds is 6. The number of pyridine rings is 1. The molecular formula is C18H18FN2O2P. The molecule has 0 radical (unpaired) electrons. The van der Waals surface area contributed by atoms with E-state index in [-0.39, 0.29) is 12.4 Å². The third-order valence-corrected chi connectivity index (χ3v) is 5.91. The van der Waals surface area contributed by atoms with Crippen LogP contribution in [0.3, 0.4) is 0 Å². The zero-order chi connectivity index (χ0) is 17.0. The molecule has 0 saturated heterocycles. The Labute approximate surface area is 140 Å². The van der Waals surface area contributed by atoms with E-state index in [2.05, 4.69) is 10.1 Å². The molecule has 4 nitrogen and oxygen atoms in total. The van der Waals surface area contributed by atoms with E-state index in [9.17, 15) is 8.96 Å². The molecule has 1 atom stereocenters. The van der Waals surface area contributed by atoms with Crippen LogP contribution in [0.15, 0.2) is 60.9 Å². The van der Waals surface area contributed by atoms with Gasteiger partial charge >= 0.3 is 7.52 Å². The first-order valence-corrected chi connectivity index (χ1v) is 9.33. The van der Waals surface area contributed by atoms with Gasteiger partial charge in [0.25, 0.3) is 0 Å². The number of nitrogens with zero attached hydrogens (tertiary/aromatic N) is 1. The second-order valence-corrected chi connectivity index (χ2v) is 7.44. The third-order valence-electron chi connectivity index (χ3n) is 3.69. The van der Waals surface area contributed by atoms with Crippen molar-refractivity contribution in [2.24, 2.45) is 0 Å². The van der Waals surface area contributed by atoms with E-state index in [0.717, 1.165) is 5.56 Å². The molecule has 3 aromatic rings. The Morgan fingerprint density at radius 1 is 1.12 bits per heavy atom. The lowest BCUT2D eigenvalue weighted by Crippen LogP contribution is -2.22. The van der Waals surface area contributed by atoms with Crippen molar-refractivity contribution >= 4 is 23.6 Å². The molecule has 1 unspecified atom stereocenters. The molecular weight excluding hydrogens is 326 g/mol. The highest BCUT2D eigenvalue weighted by Crippen LogP contribution is 2.43. The van der Waals surface area contributed by atoms with Gasteiger partial charge in [-0.25, -0.2) is 9.48 Å². The third kappa shape index (κ3) is 3.39. The number of benzene rings is 2. The van der Waals surface area contributed by atoms with Crippen LogP contribution in [-0.4, -0.2) is 11.6 Å². The molecule has 1 aromatic heterocycles. The lowest BCUT2D eigenvalue weighted by Gasteiger charge is -2.21. The predicted molar refractivity (Wildman–Crippen MR) is 93.8 cm³/mol. The van der Waals surface area contributed by atoms with Gasteiger partial charge in [0.2, 0.25) is 0 Å². The number of nitrogens with one attached hydrogen (secondary N) is 1. The first-order valence-electron chi connectivity index (χ1n) is 7.70. The van der Waals surface area contributed by atoms with Crippen molar-refractivity contribution in [3.05, 3.63) is 72.3 Å². The van der Waals surface area contributed by atoms with Crippen LogP contribution in [0.1, 0.15) is 12.5 Å². The molecule has 0 bridgehead atoms. The molecule has 24 heavy (non-hydrogen) atoms. The van der Waals surface area contributed by atoms with Crippen LogP contribution in [0.2, 0.25) is 0 Å². The van der Waals surface area contributed by atoms with E-state index in [1.165, 1.54) is 12.1 Å². The summed E-state index contributed by atoms with van der Waals surface area (Å²) in [5.74, 6) is -0.343. The molecule has 0 aliphatic carbocycles. The summed E-state index contributed by atoms with van der Waals surface area (Å²) in [7, 11) is -3.35. The molecule has 1 N–H and O–H groups in total. The van der Waals surface area contributed by atoms with Crippen molar-refractivity contribution in [2.45, 2.75) is 13.5 Å². The molecule has 124 valence electrons. The molecule has 0 saturated carbocycles. The Balaban J connectivity index is 2.01. The fourth-order valence-electron chi connectivity index (χ4n) is 2.58. The van der Waals surface area contributed by atoms with Gasteiger partial charge in [-0.05, 0) is 36.1 Å². The Hall–Kier alpha value is -2.07. The average molecular weight is 344 g/mol. The molecule has 0 aliphatic heterocycles. The number of aromatic nitrogens is 1. The Morgan fingerprint density at radius 2 is 1.92 bits per heavy atom. The van der Waals surface area contributed by atoms with Crippen LogP contribution in [0.4, 0.5) is 4.39 Å². The van der Waals surface area contributed by atoms with Crippen molar-refractivity contribution in [1.82, 2.24) is 10.1 Å². The molecule has 0 fully saturated rings. The standard InChI is InChI=1S/C18H18FN2O2P/c1-2-23-24(22,21-13-14-6-5-11-20-12-14)18-10-9-17(19)15-7-3-4-8-16(15)18/h3-12H,2,13H2,1H3,(H,21,22). The van der Waals surface area contributed by atoms with Crippen molar-refractivity contribution in [2.75, 3.05) is 6.61 Å². The van der Waals surface area contributed by atoms with Crippen LogP contribution < -0.4 is 10.4 Å². The van der Waals surface area contributed by atoms with Gasteiger partial charge in [-0.15, -0.1) is 0 Å². The molecule has 6 heteroatoms. The minimum absolute atomic E-state index is 0.281. The highest BCUT2D eigenvalue weighted by molar-refractivity contribution is 7.65. The smallest absolute Gasteiger partial charge is 0.300 e. The van der Waals surface area contributed by atoms with Crippen LogP contribution in [-0.2, 0) is 15.6 Å². The zero-order valence-corrected chi connectivity index (χ0v) is 14.2. The molecule has 0 spiro atoms. The van der Waals surface area contributed by atoms with Crippen LogP contribution in [0.25, 0.3) is 10.8 Å². The molecule has 0 amide bonds. The lowest BCUT2D eigenvalue weighted by molar-refractivity contribution is 0.332. The van der Waals surface area contributed by atoms with Gasteiger partial charge in [0, 0.05) is 24.3 Å².